The number of benzene rings is 1. The van der Waals surface area contributed by atoms with Crippen LogP contribution in [0.4, 0.5) is 5.69 Å². The van der Waals surface area contributed by atoms with Gasteiger partial charge in [0.2, 0.25) is 5.91 Å². The summed E-state index contributed by atoms with van der Waals surface area (Å²) in [4.78, 5) is 24.1. The van der Waals surface area contributed by atoms with Gasteiger partial charge in [0.05, 0.1) is 25.0 Å². The van der Waals surface area contributed by atoms with E-state index in [1.165, 1.54) is 5.56 Å². The van der Waals surface area contributed by atoms with E-state index in [1.807, 2.05) is 32.0 Å². The predicted molar refractivity (Wildman–Crippen MR) is 101 cm³/mol. The highest BCUT2D eigenvalue weighted by atomic mass is 16.2. The van der Waals surface area contributed by atoms with E-state index in [2.05, 4.69) is 26.9 Å². The summed E-state index contributed by atoms with van der Waals surface area (Å²) in [5, 5.41) is 13.6. The van der Waals surface area contributed by atoms with Crippen LogP contribution in [0.15, 0.2) is 42.7 Å². The molecule has 0 atom stereocenters. The number of carbonyl (C=O) groups excluding carboxylic acids is 2. The van der Waals surface area contributed by atoms with Crippen molar-refractivity contribution in [2.75, 3.05) is 11.9 Å². The standard InChI is InChI=1S/C19H22N6O2/c1-13-5-4-6-15(7-13)11-25-12-16(9-21-25)22-18(26)10-20-19(27)17-8-14(2)24(3)23-17/h4-9,12H,10-11H2,1-3H3,(H,20,27)(H,22,26). The highest BCUT2D eigenvalue weighted by Gasteiger charge is 2.12. The number of carbonyl (C=O) groups is 2. The molecule has 0 aliphatic heterocycles. The molecular weight excluding hydrogens is 344 g/mol. The second-order valence-electron chi connectivity index (χ2n) is 6.44. The SMILES string of the molecule is Cc1cccc(Cn2cc(NC(=O)CNC(=O)c3cc(C)n(C)n3)cn2)c1. The average molecular weight is 366 g/mol. The van der Waals surface area contributed by atoms with Crippen molar-refractivity contribution in [2.24, 2.45) is 7.05 Å². The fraction of sp³-hybridized carbons (Fsp3) is 0.263. The van der Waals surface area contributed by atoms with Gasteiger partial charge in [0.1, 0.15) is 5.69 Å². The van der Waals surface area contributed by atoms with E-state index in [0.29, 0.717) is 12.2 Å². The van der Waals surface area contributed by atoms with Crippen LogP contribution < -0.4 is 10.6 Å². The van der Waals surface area contributed by atoms with Crippen molar-refractivity contribution in [3.8, 4) is 0 Å². The van der Waals surface area contributed by atoms with Crippen molar-refractivity contribution in [2.45, 2.75) is 20.4 Å². The summed E-state index contributed by atoms with van der Waals surface area (Å²) in [5.74, 6) is -0.713. The molecule has 8 nitrogen and oxygen atoms in total. The molecule has 0 bridgehead atoms. The highest BCUT2D eigenvalue weighted by Crippen LogP contribution is 2.09. The van der Waals surface area contributed by atoms with E-state index < -0.39 is 0 Å². The lowest BCUT2D eigenvalue weighted by Crippen LogP contribution is -2.33. The third-order valence-corrected chi connectivity index (χ3v) is 4.10. The van der Waals surface area contributed by atoms with E-state index in [-0.39, 0.29) is 24.1 Å². The first kappa shape index (κ1) is 18.4. The van der Waals surface area contributed by atoms with Crippen LogP contribution in [0.3, 0.4) is 0 Å². The van der Waals surface area contributed by atoms with Gasteiger partial charge in [-0.2, -0.15) is 10.2 Å². The largest absolute Gasteiger partial charge is 0.342 e. The fourth-order valence-electron chi connectivity index (χ4n) is 2.64. The number of rotatable bonds is 6. The molecule has 140 valence electrons. The van der Waals surface area contributed by atoms with Gasteiger partial charge in [-0.05, 0) is 25.5 Å². The molecule has 27 heavy (non-hydrogen) atoms. The summed E-state index contributed by atoms with van der Waals surface area (Å²) >= 11 is 0. The molecule has 8 heteroatoms. The minimum Gasteiger partial charge on any atom is -0.342 e. The molecule has 3 rings (SSSR count). The fourth-order valence-corrected chi connectivity index (χ4v) is 2.64. The number of hydrogen-bond acceptors (Lipinski definition) is 4. The Morgan fingerprint density at radius 1 is 1.19 bits per heavy atom. The zero-order chi connectivity index (χ0) is 19.4. The van der Waals surface area contributed by atoms with Gasteiger partial charge in [0.25, 0.3) is 5.91 Å². The van der Waals surface area contributed by atoms with Gasteiger partial charge in [-0.1, -0.05) is 29.8 Å². The van der Waals surface area contributed by atoms with Gasteiger partial charge in [-0.25, -0.2) is 0 Å². The van der Waals surface area contributed by atoms with E-state index in [9.17, 15) is 9.59 Å². The molecule has 2 N–H and O–H groups in total. The molecular formula is C19H22N6O2. The van der Waals surface area contributed by atoms with Crippen LogP contribution in [-0.2, 0) is 18.4 Å². The summed E-state index contributed by atoms with van der Waals surface area (Å²) in [6, 6.07) is 9.83. The Balaban J connectivity index is 1.51. The molecule has 0 aliphatic carbocycles. The van der Waals surface area contributed by atoms with Crippen LogP contribution in [0.1, 0.15) is 27.3 Å². The van der Waals surface area contributed by atoms with Crippen LogP contribution in [-0.4, -0.2) is 37.9 Å². The topological polar surface area (TPSA) is 93.8 Å². The maximum absolute atomic E-state index is 12.0. The molecule has 2 aromatic heterocycles. The molecule has 0 saturated heterocycles. The van der Waals surface area contributed by atoms with Crippen molar-refractivity contribution in [3.63, 3.8) is 0 Å². The number of amides is 2. The monoisotopic (exact) mass is 366 g/mol. The number of aromatic nitrogens is 4. The second-order valence-corrected chi connectivity index (χ2v) is 6.44. The summed E-state index contributed by atoms with van der Waals surface area (Å²) in [6.07, 6.45) is 3.34. The Hall–Kier alpha value is -3.42. The zero-order valence-electron chi connectivity index (χ0n) is 15.6. The van der Waals surface area contributed by atoms with E-state index in [0.717, 1.165) is 11.3 Å². The lowest BCUT2D eigenvalue weighted by atomic mass is 10.1. The van der Waals surface area contributed by atoms with Gasteiger partial charge in [-0.15, -0.1) is 0 Å². The van der Waals surface area contributed by atoms with E-state index in [4.69, 9.17) is 0 Å². The second kappa shape index (κ2) is 7.86. The molecule has 0 spiro atoms. The molecule has 0 aliphatic rings. The Morgan fingerprint density at radius 3 is 2.70 bits per heavy atom. The van der Waals surface area contributed by atoms with Gasteiger partial charge < -0.3 is 10.6 Å². The van der Waals surface area contributed by atoms with Crippen LogP contribution in [0.2, 0.25) is 0 Å². The first-order valence-corrected chi connectivity index (χ1v) is 8.57. The van der Waals surface area contributed by atoms with Crippen LogP contribution in [0, 0.1) is 13.8 Å². The Bertz CT molecular complexity index is 953. The lowest BCUT2D eigenvalue weighted by Gasteiger charge is -2.04. The van der Waals surface area contributed by atoms with Crippen molar-refractivity contribution < 1.29 is 9.59 Å². The zero-order valence-corrected chi connectivity index (χ0v) is 15.6. The third-order valence-electron chi connectivity index (χ3n) is 4.10. The maximum atomic E-state index is 12.0. The van der Waals surface area contributed by atoms with Gasteiger partial charge >= 0.3 is 0 Å². The number of nitrogens with one attached hydrogen (secondary N) is 2. The van der Waals surface area contributed by atoms with Crippen LogP contribution >= 0.6 is 0 Å². The van der Waals surface area contributed by atoms with Crippen molar-refractivity contribution >= 4 is 17.5 Å². The first-order chi connectivity index (χ1) is 12.9. The molecule has 3 aromatic rings. The highest BCUT2D eigenvalue weighted by molar-refractivity contribution is 5.98. The Morgan fingerprint density at radius 2 is 2.00 bits per heavy atom. The number of nitrogens with zero attached hydrogens (tertiary/aromatic N) is 4. The van der Waals surface area contributed by atoms with Gasteiger partial charge in [0.15, 0.2) is 0 Å². The summed E-state index contributed by atoms with van der Waals surface area (Å²) in [5.41, 5.74) is 4.05. The lowest BCUT2D eigenvalue weighted by molar-refractivity contribution is -0.115. The smallest absolute Gasteiger partial charge is 0.272 e. The molecule has 0 saturated carbocycles. The summed E-state index contributed by atoms with van der Waals surface area (Å²) in [6.45, 7) is 4.37. The number of aryl methyl sites for hydroxylation is 3. The normalized spacial score (nSPS) is 10.6. The summed E-state index contributed by atoms with van der Waals surface area (Å²) < 4.78 is 3.36. The van der Waals surface area contributed by atoms with Gasteiger partial charge in [-0.3, -0.25) is 19.0 Å². The van der Waals surface area contributed by atoms with E-state index >= 15 is 0 Å². The number of hydrogen-bond donors (Lipinski definition) is 2. The molecule has 2 heterocycles. The van der Waals surface area contributed by atoms with Crippen molar-refractivity contribution in [1.82, 2.24) is 24.9 Å². The van der Waals surface area contributed by atoms with Crippen LogP contribution in [0.25, 0.3) is 0 Å². The van der Waals surface area contributed by atoms with Crippen molar-refractivity contribution in [1.29, 1.82) is 0 Å². The predicted octanol–water partition coefficient (Wildman–Crippen LogP) is 1.65. The third kappa shape index (κ3) is 4.81. The van der Waals surface area contributed by atoms with E-state index in [1.54, 1.807) is 34.9 Å². The Labute approximate surface area is 157 Å². The molecule has 2 amide bonds. The van der Waals surface area contributed by atoms with Gasteiger partial charge in [0, 0.05) is 18.9 Å². The molecule has 1 aromatic carbocycles. The minimum atomic E-state index is -0.385. The average Bonchev–Trinajstić information content (AvgIpc) is 3.19. The van der Waals surface area contributed by atoms with Crippen LogP contribution in [0.5, 0.6) is 0 Å². The molecule has 0 unspecified atom stereocenters. The summed E-state index contributed by atoms with van der Waals surface area (Å²) in [7, 11) is 1.76. The first-order valence-electron chi connectivity index (χ1n) is 8.57. The quantitative estimate of drug-likeness (QED) is 0.694. The molecule has 0 radical (unpaired) electrons. The number of anilines is 1. The van der Waals surface area contributed by atoms with Crippen molar-refractivity contribution in [3.05, 3.63) is 65.2 Å². The molecule has 0 fully saturated rings. The minimum absolute atomic E-state index is 0.141. The Kier molecular flexibility index (Phi) is 5.35. The maximum Gasteiger partial charge on any atom is 0.272 e.